The molecule has 1 aliphatic rings. The second-order valence-electron chi connectivity index (χ2n) is 5.73. The Bertz CT molecular complexity index is 1240. The Morgan fingerprint density at radius 2 is 0.966 bits per heavy atom. The molecule has 0 aliphatic heterocycles. The third-order valence-electron chi connectivity index (χ3n) is 4.05. The van der Waals surface area contributed by atoms with Crippen molar-refractivity contribution in [3.63, 3.8) is 0 Å². The number of hydrogen-bond acceptors (Lipinski definition) is 10. The summed E-state index contributed by atoms with van der Waals surface area (Å²) in [5.41, 5.74) is 6.54. The van der Waals surface area contributed by atoms with Crippen molar-refractivity contribution in [1.82, 2.24) is 0 Å². The summed E-state index contributed by atoms with van der Waals surface area (Å²) in [5, 5.41) is 20.3. The normalized spacial score (nSPS) is 13.4. The first-order valence-corrected chi connectivity index (χ1v) is 9.91. The molecule has 8 N–H and O–H groups in total. The van der Waals surface area contributed by atoms with Crippen molar-refractivity contribution in [2.24, 2.45) is 0 Å². The predicted molar refractivity (Wildman–Crippen MR) is 92.6 cm³/mol. The van der Waals surface area contributed by atoms with E-state index in [0.29, 0.717) is 12.1 Å². The summed E-state index contributed by atoms with van der Waals surface area (Å²) in [5.74, 6) is -5.11. The first-order valence-electron chi connectivity index (χ1n) is 7.03. The van der Waals surface area contributed by atoms with Gasteiger partial charge >= 0.3 is 29.6 Å². The molecule has 150 valence electrons. The Morgan fingerprint density at radius 1 is 0.690 bits per heavy atom. The van der Waals surface area contributed by atoms with Crippen molar-refractivity contribution in [3.05, 3.63) is 34.4 Å². The van der Waals surface area contributed by atoms with Crippen LogP contribution in [0.5, 0.6) is 11.5 Å². The molecule has 29 heavy (non-hydrogen) atoms. The summed E-state index contributed by atoms with van der Waals surface area (Å²) in [7, 11) is -10.1. The molecule has 0 atom stereocenters. The summed E-state index contributed by atoms with van der Waals surface area (Å²) >= 11 is 0. The number of carbonyl (C=O) groups excluding carboxylic acids is 2. The second-order valence-corrected chi connectivity index (χ2v) is 8.51. The van der Waals surface area contributed by atoms with Gasteiger partial charge in [0, 0.05) is 11.4 Å². The fraction of sp³-hybridized carbons (Fsp3) is 0. The molecule has 0 saturated carbocycles. The summed E-state index contributed by atoms with van der Waals surface area (Å²) in [6, 6.07) is 1.01. The number of phenolic OH excluding ortho intramolecular Hbond substituents is 2. The van der Waals surface area contributed by atoms with Crippen LogP contribution in [0.15, 0.2) is 21.9 Å². The van der Waals surface area contributed by atoms with Crippen LogP contribution in [0.2, 0.25) is 0 Å². The molecule has 0 aromatic heterocycles. The molecule has 15 heteroatoms. The monoisotopic (exact) mass is 454 g/mol. The Morgan fingerprint density at radius 3 is 1.21 bits per heavy atom. The van der Waals surface area contributed by atoms with E-state index >= 15 is 0 Å². The van der Waals surface area contributed by atoms with Gasteiger partial charge < -0.3 is 23.1 Å². The van der Waals surface area contributed by atoms with Gasteiger partial charge in [-0.25, -0.2) is 0 Å². The zero-order valence-electron chi connectivity index (χ0n) is 15.4. The summed E-state index contributed by atoms with van der Waals surface area (Å²) in [6.45, 7) is 0. The topological polar surface area (TPSA) is 235 Å². The van der Waals surface area contributed by atoms with Crippen LogP contribution in [-0.2, 0) is 20.2 Å². The number of phenols is 2. The number of benzene rings is 2. The maximum absolute atomic E-state index is 12.8. The van der Waals surface area contributed by atoms with Gasteiger partial charge in [-0.15, -0.1) is 0 Å². The van der Waals surface area contributed by atoms with Crippen LogP contribution in [-0.4, -0.2) is 47.7 Å². The van der Waals surface area contributed by atoms with Gasteiger partial charge in [-0.1, -0.05) is 0 Å². The molecular weight excluding hydrogens is 443 g/mol. The number of aromatic hydroxyl groups is 2. The number of fused-ring (bicyclic) bond motifs is 2. The summed E-state index contributed by atoms with van der Waals surface area (Å²) in [6.07, 6.45) is 0. The number of ketones is 2. The number of anilines is 2. The molecule has 2 aromatic carbocycles. The molecule has 0 amide bonds. The Balaban J connectivity index is 0.00000225. The van der Waals surface area contributed by atoms with Gasteiger partial charge in [0.05, 0.1) is 22.3 Å². The van der Waals surface area contributed by atoms with Gasteiger partial charge in [-0.3, -0.25) is 18.7 Å². The minimum atomic E-state index is -5.04. The number of nitrogens with two attached hydrogens (primary N) is 2. The molecule has 0 fully saturated rings. The zero-order chi connectivity index (χ0) is 21.3. The first kappa shape index (κ1) is 23.1. The minimum absolute atomic E-state index is 0. The maximum Gasteiger partial charge on any atom is 1.00 e. The van der Waals surface area contributed by atoms with Crippen LogP contribution < -0.4 is 41.0 Å². The fourth-order valence-electron chi connectivity index (χ4n) is 2.91. The summed E-state index contributed by atoms with van der Waals surface area (Å²) in [4.78, 5) is 23.3. The standard InChI is InChI=1S/C14H10N2O10S2.Na.H/c15-3-1-5(27(21,22)23)11(17)9-7(3)13(19)10-8(14(9)20)4(16)2-6(12(10)18)28(24,25)26;;/h1-2,17-18H,15-16H2,(H,21,22,23)(H,24,25,26);;/q;+1;-1. The third-order valence-corrected chi connectivity index (χ3v) is 5.79. The number of nitrogen functional groups attached to an aromatic ring is 2. The van der Waals surface area contributed by atoms with E-state index in [1.54, 1.807) is 0 Å². The molecule has 0 bridgehead atoms. The SMILES string of the molecule is Nc1cc(S(=O)(=O)O)c(O)c2c1C(=O)c1c(O)c(S(=O)(=O)O)cc(N)c1C2=O.[H-].[Na+]. The Labute approximate surface area is 186 Å². The molecular formula is C14H11N2NaO10S2. The molecule has 2 aromatic rings. The van der Waals surface area contributed by atoms with Gasteiger partial charge in [0.2, 0.25) is 11.6 Å². The van der Waals surface area contributed by atoms with E-state index in [0.717, 1.165) is 0 Å². The van der Waals surface area contributed by atoms with Crippen molar-refractivity contribution in [3.8, 4) is 11.5 Å². The van der Waals surface area contributed by atoms with Gasteiger partial charge in [-0.05, 0) is 12.1 Å². The molecule has 0 spiro atoms. The smallest absolute Gasteiger partial charge is 1.00 e. The molecule has 1 aliphatic carbocycles. The van der Waals surface area contributed by atoms with Crippen LogP contribution >= 0.6 is 0 Å². The van der Waals surface area contributed by atoms with Gasteiger partial charge in [-0.2, -0.15) is 16.8 Å². The Kier molecular flexibility index (Phi) is 5.53. The first-order chi connectivity index (χ1) is 12.7. The molecule has 0 heterocycles. The maximum atomic E-state index is 12.8. The van der Waals surface area contributed by atoms with Crippen molar-refractivity contribution in [2.75, 3.05) is 11.5 Å². The van der Waals surface area contributed by atoms with Crippen LogP contribution in [0.3, 0.4) is 0 Å². The third kappa shape index (κ3) is 3.38. The van der Waals surface area contributed by atoms with Crippen LogP contribution in [0.1, 0.15) is 33.3 Å². The fourth-order valence-corrected chi connectivity index (χ4v) is 4.15. The summed E-state index contributed by atoms with van der Waals surface area (Å²) < 4.78 is 63.9. The quantitative estimate of drug-likeness (QED) is 0.0964. The molecule has 0 radical (unpaired) electrons. The van der Waals surface area contributed by atoms with E-state index in [1.165, 1.54) is 0 Å². The Hall–Kier alpha value is -2.20. The van der Waals surface area contributed by atoms with E-state index in [2.05, 4.69) is 0 Å². The van der Waals surface area contributed by atoms with Gasteiger partial charge in [0.15, 0.2) is 0 Å². The number of rotatable bonds is 2. The molecule has 12 nitrogen and oxygen atoms in total. The van der Waals surface area contributed by atoms with Crippen molar-refractivity contribution < 1.29 is 76.7 Å². The van der Waals surface area contributed by atoms with E-state index < -0.39 is 86.7 Å². The predicted octanol–water partition coefficient (Wildman–Crippen LogP) is -3.35. The second kappa shape index (κ2) is 6.94. The average molecular weight is 454 g/mol. The van der Waals surface area contributed by atoms with Crippen molar-refractivity contribution in [1.29, 1.82) is 0 Å². The largest absolute Gasteiger partial charge is 1.00 e. The zero-order valence-corrected chi connectivity index (χ0v) is 18.0. The van der Waals surface area contributed by atoms with Gasteiger partial charge in [0.1, 0.15) is 21.3 Å². The molecule has 0 saturated heterocycles. The average Bonchev–Trinajstić information content (AvgIpc) is 2.53. The molecule has 3 rings (SSSR count). The van der Waals surface area contributed by atoms with Crippen LogP contribution in [0.4, 0.5) is 11.4 Å². The van der Waals surface area contributed by atoms with E-state index in [1.807, 2.05) is 0 Å². The number of carbonyl (C=O) groups is 2. The van der Waals surface area contributed by atoms with E-state index in [4.69, 9.17) is 20.6 Å². The van der Waals surface area contributed by atoms with Gasteiger partial charge in [0.25, 0.3) is 20.2 Å². The van der Waals surface area contributed by atoms with E-state index in [-0.39, 0.29) is 31.0 Å². The molecule has 0 unspecified atom stereocenters. The van der Waals surface area contributed by atoms with Crippen LogP contribution in [0.25, 0.3) is 0 Å². The number of hydrogen-bond donors (Lipinski definition) is 6. The van der Waals surface area contributed by atoms with Crippen molar-refractivity contribution >= 4 is 43.2 Å². The minimum Gasteiger partial charge on any atom is -1.00 e. The van der Waals surface area contributed by atoms with Crippen LogP contribution in [0, 0.1) is 0 Å². The van der Waals surface area contributed by atoms with Crippen molar-refractivity contribution in [2.45, 2.75) is 9.79 Å². The van der Waals surface area contributed by atoms with E-state index in [9.17, 15) is 36.6 Å².